The minimum atomic E-state index is -1.32. The zero-order valence-corrected chi connectivity index (χ0v) is 21.5. The van der Waals surface area contributed by atoms with Crippen LogP contribution in [0.1, 0.15) is 33.5 Å². The van der Waals surface area contributed by atoms with E-state index >= 15 is 0 Å². The smallest absolute Gasteiger partial charge is 0.303 e. The maximum atomic E-state index is 12.7. The summed E-state index contributed by atoms with van der Waals surface area (Å²) in [6, 6.07) is 3.31. The highest BCUT2D eigenvalue weighted by atomic mass is 32.2. The van der Waals surface area contributed by atoms with Gasteiger partial charge in [0.15, 0.2) is 28.9 Å². The fourth-order valence-electron chi connectivity index (χ4n) is 3.58. The summed E-state index contributed by atoms with van der Waals surface area (Å²) in [5.74, 6) is -2.84. The number of rotatable bonds is 7. The van der Waals surface area contributed by atoms with Gasteiger partial charge < -0.3 is 28.1 Å². The number of likely N-dealkylation sites (N-methyl/N-ethyl adjacent to an activating group) is 1. The summed E-state index contributed by atoms with van der Waals surface area (Å²) in [5, 5.41) is 0.184. The van der Waals surface area contributed by atoms with Crippen molar-refractivity contribution in [2.24, 2.45) is 4.99 Å². The molecule has 0 radical (unpaired) electrons. The Balaban J connectivity index is 1.98. The fraction of sp³-hybridized carbons (Fsp3) is 0.478. The predicted molar refractivity (Wildman–Crippen MR) is 126 cm³/mol. The maximum absolute atomic E-state index is 12.7. The van der Waals surface area contributed by atoms with Crippen LogP contribution in [0.15, 0.2) is 33.5 Å². The Labute approximate surface area is 216 Å². The average molecular weight is 539 g/mol. The molecule has 1 aromatic heterocycles. The van der Waals surface area contributed by atoms with Crippen LogP contribution in [0.3, 0.4) is 0 Å². The summed E-state index contributed by atoms with van der Waals surface area (Å²) in [5.41, 5.74) is -1.02. The number of nitrogens with zero attached hydrogens (tertiary/aromatic N) is 2. The lowest BCUT2D eigenvalue weighted by molar-refractivity contribution is -0.237. The van der Waals surface area contributed by atoms with E-state index < -0.39 is 59.6 Å². The van der Waals surface area contributed by atoms with Crippen LogP contribution in [0, 0.1) is 0 Å². The number of thioether (sulfide) groups is 1. The molecule has 0 spiro atoms. The molecule has 2 aliphatic heterocycles. The van der Waals surface area contributed by atoms with E-state index in [1.54, 1.807) is 12.1 Å². The minimum absolute atomic E-state index is 0.0885. The van der Waals surface area contributed by atoms with Crippen molar-refractivity contribution in [1.29, 1.82) is 0 Å². The molecular formula is C23H26N2O11S. The second-order valence-electron chi connectivity index (χ2n) is 7.99. The number of ether oxygens (including phenoxy) is 5. The molecule has 13 nitrogen and oxygen atoms in total. The van der Waals surface area contributed by atoms with E-state index in [4.69, 9.17) is 28.1 Å². The first-order chi connectivity index (χ1) is 17.5. The normalized spacial score (nSPS) is 26.5. The van der Waals surface area contributed by atoms with Gasteiger partial charge >= 0.3 is 23.9 Å². The molecule has 0 bridgehead atoms. The molecule has 0 N–H and O–H groups in total. The third kappa shape index (κ3) is 7.20. The SMILES string of the molecule is CC(=O)OC[C@H]1O[C@@H](SC2=N/C(=C\c3ccco3)C(=O)N2C)[C@H](OC(C)=O)[C@@H](OC(C)=O)[C@@H]1OC(C)=O. The van der Waals surface area contributed by atoms with Crippen LogP contribution >= 0.6 is 11.8 Å². The summed E-state index contributed by atoms with van der Waals surface area (Å²) < 4.78 is 32.6. The molecule has 14 heteroatoms. The summed E-state index contributed by atoms with van der Waals surface area (Å²) in [7, 11) is 1.49. The van der Waals surface area contributed by atoms with Gasteiger partial charge in [0.1, 0.15) is 24.2 Å². The first-order valence-corrected chi connectivity index (χ1v) is 11.9. The van der Waals surface area contributed by atoms with Crippen molar-refractivity contribution in [3.05, 3.63) is 29.9 Å². The van der Waals surface area contributed by atoms with Gasteiger partial charge in [0.2, 0.25) is 0 Å². The monoisotopic (exact) mass is 538 g/mol. The van der Waals surface area contributed by atoms with E-state index in [1.807, 2.05) is 0 Å². The van der Waals surface area contributed by atoms with Gasteiger partial charge in [-0.05, 0) is 12.1 Å². The first kappa shape index (κ1) is 27.9. The number of furan rings is 1. The van der Waals surface area contributed by atoms with Gasteiger partial charge in [0, 0.05) is 40.8 Å². The highest BCUT2D eigenvalue weighted by molar-refractivity contribution is 8.14. The van der Waals surface area contributed by atoms with Crippen LogP contribution in [-0.4, -0.2) is 83.4 Å². The van der Waals surface area contributed by atoms with Gasteiger partial charge in [-0.2, -0.15) is 0 Å². The third-order valence-electron chi connectivity index (χ3n) is 5.02. The van der Waals surface area contributed by atoms with Crippen molar-refractivity contribution >= 4 is 52.8 Å². The van der Waals surface area contributed by atoms with E-state index in [0.717, 1.165) is 32.5 Å². The number of hydrogen-bond acceptors (Lipinski definition) is 13. The maximum Gasteiger partial charge on any atom is 0.303 e. The molecular weight excluding hydrogens is 512 g/mol. The molecule has 0 aliphatic carbocycles. The Hall–Kier alpha value is -3.65. The Bertz CT molecular complexity index is 1110. The first-order valence-electron chi connectivity index (χ1n) is 11.0. The molecule has 37 heavy (non-hydrogen) atoms. The second kappa shape index (κ2) is 12.1. The number of hydrogen-bond donors (Lipinski definition) is 0. The highest BCUT2D eigenvalue weighted by Gasteiger charge is 2.53. The summed E-state index contributed by atoms with van der Waals surface area (Å²) in [6.45, 7) is 4.23. The van der Waals surface area contributed by atoms with Gasteiger partial charge in [-0.3, -0.25) is 28.9 Å². The van der Waals surface area contributed by atoms with Gasteiger partial charge in [0.25, 0.3) is 5.91 Å². The third-order valence-corrected chi connectivity index (χ3v) is 6.21. The molecule has 0 unspecified atom stereocenters. The lowest BCUT2D eigenvalue weighted by Gasteiger charge is -2.44. The van der Waals surface area contributed by atoms with Crippen molar-refractivity contribution in [3.8, 4) is 0 Å². The van der Waals surface area contributed by atoms with E-state index in [2.05, 4.69) is 4.99 Å². The Morgan fingerprint density at radius 1 is 1.00 bits per heavy atom. The van der Waals surface area contributed by atoms with Crippen molar-refractivity contribution in [2.45, 2.75) is 57.5 Å². The number of carbonyl (C=O) groups excluding carboxylic acids is 5. The zero-order chi connectivity index (χ0) is 27.3. The minimum Gasteiger partial charge on any atom is -0.465 e. The van der Waals surface area contributed by atoms with Gasteiger partial charge in [-0.25, -0.2) is 4.99 Å². The summed E-state index contributed by atoms with van der Waals surface area (Å²) >= 11 is 0.908. The molecule has 1 aromatic rings. The number of carbonyl (C=O) groups is 5. The Morgan fingerprint density at radius 3 is 2.19 bits per heavy atom. The Kier molecular flexibility index (Phi) is 9.10. The van der Waals surface area contributed by atoms with Crippen molar-refractivity contribution in [2.75, 3.05) is 13.7 Å². The lowest BCUT2D eigenvalue weighted by atomic mass is 9.99. The van der Waals surface area contributed by atoms with Crippen molar-refractivity contribution in [1.82, 2.24) is 4.90 Å². The zero-order valence-electron chi connectivity index (χ0n) is 20.7. The van der Waals surface area contributed by atoms with E-state index in [-0.39, 0.29) is 17.5 Å². The van der Waals surface area contributed by atoms with E-state index in [0.29, 0.717) is 5.76 Å². The largest absolute Gasteiger partial charge is 0.465 e. The molecule has 2 aliphatic rings. The van der Waals surface area contributed by atoms with Crippen LogP contribution in [0.25, 0.3) is 6.08 Å². The topological polar surface area (TPSA) is 160 Å². The summed E-state index contributed by atoms with van der Waals surface area (Å²) in [4.78, 5) is 65.6. The number of aliphatic imine (C=N–C) groups is 1. The van der Waals surface area contributed by atoms with Crippen molar-refractivity contribution in [3.63, 3.8) is 0 Å². The molecule has 3 rings (SSSR count). The van der Waals surface area contributed by atoms with Gasteiger partial charge in [-0.1, -0.05) is 11.8 Å². The van der Waals surface area contributed by atoms with Crippen molar-refractivity contribution < 1.29 is 52.1 Å². The highest BCUT2D eigenvalue weighted by Crippen LogP contribution is 2.37. The number of amidine groups is 1. The molecule has 200 valence electrons. The molecule has 1 fully saturated rings. The number of esters is 4. The van der Waals surface area contributed by atoms with Crippen LogP contribution in [-0.2, 0) is 47.7 Å². The molecule has 1 saturated heterocycles. The van der Waals surface area contributed by atoms with Crippen LogP contribution in [0.2, 0.25) is 0 Å². The second-order valence-corrected chi connectivity index (χ2v) is 9.05. The quantitative estimate of drug-likeness (QED) is 0.278. The van der Waals surface area contributed by atoms with Gasteiger partial charge in [0.05, 0.1) is 6.26 Å². The van der Waals surface area contributed by atoms with Crippen LogP contribution < -0.4 is 0 Å². The summed E-state index contributed by atoms with van der Waals surface area (Å²) in [6.07, 6.45) is -2.08. The van der Waals surface area contributed by atoms with Crippen LogP contribution in [0.4, 0.5) is 0 Å². The number of amides is 1. The molecule has 1 amide bonds. The predicted octanol–water partition coefficient (Wildman–Crippen LogP) is 1.26. The standard InChI is InChI=1S/C23H26N2O11S/c1-11(26)32-10-17-18(33-12(2)27)19(34-13(3)28)20(35-14(4)29)22(36-17)37-23-24-16(21(30)25(23)5)9-15-7-6-8-31-15/h6-9,17-20,22H,10H2,1-5H3/b16-9-/t17-,18-,19+,20-,22+/m1/s1. The molecule has 0 saturated carbocycles. The van der Waals surface area contributed by atoms with Crippen LogP contribution in [0.5, 0.6) is 0 Å². The lowest BCUT2D eigenvalue weighted by Crippen LogP contribution is -2.61. The average Bonchev–Trinajstić information content (AvgIpc) is 3.40. The van der Waals surface area contributed by atoms with E-state index in [1.165, 1.54) is 31.2 Å². The fourth-order valence-corrected chi connectivity index (χ4v) is 4.72. The molecule has 5 atom stereocenters. The Morgan fingerprint density at radius 2 is 1.62 bits per heavy atom. The molecule has 3 heterocycles. The van der Waals surface area contributed by atoms with Gasteiger partial charge in [-0.15, -0.1) is 0 Å². The van der Waals surface area contributed by atoms with E-state index in [9.17, 15) is 24.0 Å². The molecule has 0 aromatic carbocycles.